The average Bonchev–Trinajstić information content (AvgIpc) is 3.00. The van der Waals surface area contributed by atoms with Crippen LogP contribution in [0.2, 0.25) is 0 Å². The second-order valence-electron chi connectivity index (χ2n) is 6.01. The summed E-state index contributed by atoms with van der Waals surface area (Å²) in [5, 5.41) is 3.53. The molecular weight excluding hydrogens is 270 g/mol. The lowest BCUT2D eigenvalue weighted by Gasteiger charge is -2.15. The first kappa shape index (κ1) is 13.2. The zero-order chi connectivity index (χ0) is 14.1. The fourth-order valence-electron chi connectivity index (χ4n) is 2.70. The van der Waals surface area contributed by atoms with Crippen LogP contribution < -0.4 is 19.5 Å². The van der Waals surface area contributed by atoms with E-state index in [1.807, 2.05) is 12.1 Å². The topological polar surface area (TPSA) is 49.0 Å². The monoisotopic (exact) mass is 291 g/mol. The van der Waals surface area contributed by atoms with Gasteiger partial charge in [-0.15, -0.1) is 0 Å². The third-order valence-electron chi connectivity index (χ3n) is 4.21. The van der Waals surface area contributed by atoms with E-state index in [2.05, 4.69) is 5.32 Å². The molecule has 0 aromatic heterocycles. The van der Waals surface area contributed by atoms with Crippen molar-refractivity contribution < 1.29 is 18.9 Å². The molecule has 1 N–H and O–H groups in total. The molecule has 1 unspecified atom stereocenters. The highest BCUT2D eigenvalue weighted by Crippen LogP contribution is 2.38. The van der Waals surface area contributed by atoms with E-state index >= 15 is 0 Å². The number of nitrogens with one attached hydrogen (secondary N) is 1. The number of benzene rings is 1. The molecule has 0 bridgehead atoms. The zero-order valence-electron chi connectivity index (χ0n) is 12.1. The maximum atomic E-state index is 6.04. The van der Waals surface area contributed by atoms with E-state index < -0.39 is 0 Å². The Bertz CT molecular complexity index is 509. The molecule has 1 aromatic carbocycles. The highest BCUT2D eigenvalue weighted by molar-refractivity contribution is 5.51. The lowest BCUT2D eigenvalue weighted by atomic mass is 10.1. The molecule has 2 fully saturated rings. The first-order chi connectivity index (χ1) is 10.4. The van der Waals surface area contributed by atoms with Crippen molar-refractivity contribution in [2.45, 2.75) is 31.8 Å². The molecule has 114 valence electrons. The molecule has 1 atom stereocenters. The fraction of sp³-hybridized carbons (Fsp3) is 0.625. The third-order valence-corrected chi connectivity index (χ3v) is 4.21. The van der Waals surface area contributed by atoms with E-state index in [4.69, 9.17) is 18.9 Å². The van der Waals surface area contributed by atoms with Gasteiger partial charge in [-0.2, -0.15) is 0 Å². The predicted octanol–water partition coefficient (Wildman–Crippen LogP) is 2.08. The van der Waals surface area contributed by atoms with Crippen LogP contribution in [0.4, 0.5) is 0 Å². The first-order valence-corrected chi connectivity index (χ1v) is 7.75. The smallest absolute Gasteiger partial charge is 0.231 e. The molecule has 2 heterocycles. The molecule has 1 aromatic rings. The summed E-state index contributed by atoms with van der Waals surface area (Å²) in [4.78, 5) is 0. The van der Waals surface area contributed by atoms with E-state index in [1.165, 1.54) is 12.8 Å². The van der Waals surface area contributed by atoms with Crippen molar-refractivity contribution in [3.8, 4) is 17.2 Å². The van der Waals surface area contributed by atoms with Crippen molar-refractivity contribution in [3.05, 3.63) is 17.7 Å². The van der Waals surface area contributed by atoms with Crippen molar-refractivity contribution in [1.29, 1.82) is 0 Å². The summed E-state index contributed by atoms with van der Waals surface area (Å²) in [6.07, 6.45) is 3.64. The van der Waals surface area contributed by atoms with Crippen LogP contribution in [-0.2, 0) is 11.3 Å². The van der Waals surface area contributed by atoms with Gasteiger partial charge in [-0.1, -0.05) is 0 Å². The van der Waals surface area contributed by atoms with Crippen molar-refractivity contribution in [1.82, 2.24) is 5.32 Å². The van der Waals surface area contributed by atoms with Crippen molar-refractivity contribution in [2.75, 3.05) is 26.6 Å². The van der Waals surface area contributed by atoms with Gasteiger partial charge < -0.3 is 24.3 Å². The van der Waals surface area contributed by atoms with Gasteiger partial charge in [0.2, 0.25) is 6.79 Å². The number of rotatable bonds is 6. The summed E-state index contributed by atoms with van der Waals surface area (Å²) in [6, 6.07) is 4.67. The lowest BCUT2D eigenvalue weighted by Crippen LogP contribution is -2.17. The third kappa shape index (κ3) is 3.09. The lowest BCUT2D eigenvalue weighted by molar-refractivity contribution is 0.166. The summed E-state index contributed by atoms with van der Waals surface area (Å²) in [5.74, 6) is 3.00. The Morgan fingerprint density at radius 3 is 2.76 bits per heavy atom. The fourth-order valence-corrected chi connectivity index (χ4v) is 2.70. The molecule has 0 amide bonds. The maximum absolute atomic E-state index is 6.04. The Labute approximate surface area is 124 Å². The maximum Gasteiger partial charge on any atom is 0.231 e. The van der Waals surface area contributed by atoms with Crippen LogP contribution in [0.25, 0.3) is 0 Å². The Morgan fingerprint density at radius 1 is 1.14 bits per heavy atom. The number of ether oxygens (including phenoxy) is 4. The van der Waals surface area contributed by atoms with Gasteiger partial charge in [-0.25, -0.2) is 0 Å². The molecular formula is C16H21NO4. The molecule has 1 aliphatic carbocycles. The van der Waals surface area contributed by atoms with Gasteiger partial charge in [-0.05, 0) is 25.3 Å². The first-order valence-electron chi connectivity index (χ1n) is 7.75. The van der Waals surface area contributed by atoms with Crippen LogP contribution in [0.15, 0.2) is 12.1 Å². The van der Waals surface area contributed by atoms with Gasteiger partial charge >= 0.3 is 0 Å². The summed E-state index contributed by atoms with van der Waals surface area (Å²) >= 11 is 0. The zero-order valence-corrected chi connectivity index (χ0v) is 12.1. The Hall–Kier alpha value is -1.46. The van der Waals surface area contributed by atoms with Gasteiger partial charge in [0.15, 0.2) is 11.5 Å². The molecule has 1 saturated carbocycles. The highest BCUT2D eigenvalue weighted by Gasteiger charge is 2.23. The molecule has 5 heteroatoms. The van der Waals surface area contributed by atoms with Crippen LogP contribution in [0.5, 0.6) is 17.2 Å². The Balaban J connectivity index is 1.47. The normalized spacial score (nSPS) is 23.5. The van der Waals surface area contributed by atoms with Crippen LogP contribution in [0, 0.1) is 5.92 Å². The van der Waals surface area contributed by atoms with E-state index in [-0.39, 0.29) is 0 Å². The number of hydrogen-bond donors (Lipinski definition) is 1. The quantitative estimate of drug-likeness (QED) is 0.869. The summed E-state index contributed by atoms with van der Waals surface area (Å²) < 4.78 is 22.4. The molecule has 0 spiro atoms. The molecule has 4 rings (SSSR count). The van der Waals surface area contributed by atoms with Gasteiger partial charge in [0, 0.05) is 36.7 Å². The Morgan fingerprint density at radius 2 is 2.00 bits per heavy atom. The number of hydrogen-bond acceptors (Lipinski definition) is 5. The molecule has 5 nitrogen and oxygen atoms in total. The standard InChI is InChI=1S/C16H21NO4/c1-2-13(1)17-7-12-5-15-16(21-10-20-15)6-14(12)19-9-11-3-4-18-8-11/h5-6,11,13,17H,1-4,7-10H2. The minimum Gasteiger partial charge on any atom is -0.493 e. The van der Waals surface area contributed by atoms with Crippen molar-refractivity contribution in [3.63, 3.8) is 0 Å². The predicted molar refractivity (Wildman–Crippen MR) is 76.8 cm³/mol. The van der Waals surface area contributed by atoms with Crippen LogP contribution in [0.3, 0.4) is 0 Å². The van der Waals surface area contributed by atoms with Crippen LogP contribution >= 0.6 is 0 Å². The average molecular weight is 291 g/mol. The van der Waals surface area contributed by atoms with Crippen molar-refractivity contribution in [2.24, 2.45) is 5.92 Å². The Kier molecular flexibility index (Phi) is 3.61. The molecule has 21 heavy (non-hydrogen) atoms. The van der Waals surface area contributed by atoms with Gasteiger partial charge in [0.25, 0.3) is 0 Å². The molecule has 2 aliphatic heterocycles. The summed E-state index contributed by atoms with van der Waals surface area (Å²) in [7, 11) is 0. The second kappa shape index (κ2) is 5.73. The van der Waals surface area contributed by atoms with Crippen molar-refractivity contribution >= 4 is 0 Å². The van der Waals surface area contributed by atoms with Crippen LogP contribution in [-0.4, -0.2) is 32.7 Å². The van der Waals surface area contributed by atoms with Gasteiger partial charge in [-0.3, -0.25) is 0 Å². The van der Waals surface area contributed by atoms with E-state index in [1.54, 1.807) is 0 Å². The van der Waals surface area contributed by atoms with Gasteiger partial charge in [0.05, 0.1) is 13.2 Å². The van der Waals surface area contributed by atoms with E-state index in [0.29, 0.717) is 25.4 Å². The minimum absolute atomic E-state index is 0.296. The largest absolute Gasteiger partial charge is 0.493 e. The SMILES string of the molecule is c1c(CNC2CC2)c(OCC2CCOC2)cc2c1OCO2. The van der Waals surface area contributed by atoms with Gasteiger partial charge in [0.1, 0.15) is 5.75 Å². The summed E-state index contributed by atoms with van der Waals surface area (Å²) in [6.45, 7) is 3.48. The van der Waals surface area contributed by atoms with E-state index in [0.717, 1.165) is 49.0 Å². The molecule has 0 radical (unpaired) electrons. The minimum atomic E-state index is 0.296. The highest BCUT2D eigenvalue weighted by atomic mass is 16.7. The second-order valence-corrected chi connectivity index (χ2v) is 6.01. The number of fused-ring (bicyclic) bond motifs is 1. The van der Waals surface area contributed by atoms with Crippen LogP contribution in [0.1, 0.15) is 24.8 Å². The summed E-state index contributed by atoms with van der Waals surface area (Å²) in [5.41, 5.74) is 1.14. The molecule has 1 saturated heterocycles. The van der Waals surface area contributed by atoms with E-state index in [9.17, 15) is 0 Å². The molecule has 3 aliphatic rings.